The summed E-state index contributed by atoms with van der Waals surface area (Å²) in [5.74, 6) is 0.147. The van der Waals surface area contributed by atoms with Crippen molar-refractivity contribution in [3.05, 3.63) is 53.6 Å². The van der Waals surface area contributed by atoms with Gasteiger partial charge in [0, 0.05) is 12.2 Å². The quantitative estimate of drug-likeness (QED) is 0.864. The number of sulfonamides is 2. The molecule has 1 aliphatic rings. The SMILES string of the molecule is Cc1cccc(S(=O)(=O)Nc2ccc(N3CCCCS3(=O)=O)c(C)c2)c1. The maximum Gasteiger partial charge on any atom is 0.261 e. The number of hydrogen-bond donors (Lipinski definition) is 1. The van der Waals surface area contributed by atoms with E-state index in [0.29, 0.717) is 29.9 Å². The Morgan fingerprint density at radius 1 is 1.04 bits per heavy atom. The van der Waals surface area contributed by atoms with Crippen LogP contribution in [0.15, 0.2) is 47.4 Å². The molecule has 6 nitrogen and oxygen atoms in total. The average molecular weight is 395 g/mol. The zero-order valence-electron chi connectivity index (χ0n) is 14.8. The minimum Gasteiger partial charge on any atom is -0.280 e. The summed E-state index contributed by atoms with van der Waals surface area (Å²) in [5.41, 5.74) is 2.57. The molecule has 0 saturated carbocycles. The van der Waals surface area contributed by atoms with Gasteiger partial charge in [-0.05, 0) is 68.1 Å². The summed E-state index contributed by atoms with van der Waals surface area (Å²) in [5, 5.41) is 0. The molecule has 8 heteroatoms. The van der Waals surface area contributed by atoms with E-state index in [4.69, 9.17) is 0 Å². The van der Waals surface area contributed by atoms with E-state index < -0.39 is 20.0 Å². The van der Waals surface area contributed by atoms with Crippen molar-refractivity contribution in [3.8, 4) is 0 Å². The molecular formula is C18H22N2O4S2. The van der Waals surface area contributed by atoms with Crippen molar-refractivity contribution in [2.45, 2.75) is 31.6 Å². The van der Waals surface area contributed by atoms with Crippen molar-refractivity contribution in [2.24, 2.45) is 0 Å². The van der Waals surface area contributed by atoms with Crippen LogP contribution in [0.2, 0.25) is 0 Å². The lowest BCUT2D eigenvalue weighted by Gasteiger charge is -2.29. The van der Waals surface area contributed by atoms with Crippen LogP contribution in [0, 0.1) is 13.8 Å². The topological polar surface area (TPSA) is 83.6 Å². The maximum atomic E-state index is 12.5. The first-order valence-corrected chi connectivity index (χ1v) is 11.5. The van der Waals surface area contributed by atoms with Gasteiger partial charge in [-0.1, -0.05) is 12.1 Å². The Bertz CT molecular complexity index is 1030. The van der Waals surface area contributed by atoms with Crippen LogP contribution in [-0.2, 0) is 20.0 Å². The van der Waals surface area contributed by atoms with Crippen LogP contribution in [0.5, 0.6) is 0 Å². The molecule has 0 spiro atoms. The van der Waals surface area contributed by atoms with Gasteiger partial charge in [0.25, 0.3) is 10.0 Å². The molecule has 3 rings (SSSR count). The van der Waals surface area contributed by atoms with E-state index in [-0.39, 0.29) is 10.6 Å². The highest BCUT2D eigenvalue weighted by Gasteiger charge is 2.27. The van der Waals surface area contributed by atoms with Gasteiger partial charge in [-0.25, -0.2) is 16.8 Å². The predicted molar refractivity (Wildman–Crippen MR) is 104 cm³/mol. The fourth-order valence-corrected chi connectivity index (χ4v) is 5.91. The zero-order valence-corrected chi connectivity index (χ0v) is 16.4. The molecule has 0 radical (unpaired) electrons. The molecule has 1 fully saturated rings. The number of nitrogens with one attached hydrogen (secondary N) is 1. The second kappa shape index (κ2) is 6.92. The molecule has 1 saturated heterocycles. The summed E-state index contributed by atoms with van der Waals surface area (Å²) in [6.45, 7) is 4.07. The lowest BCUT2D eigenvalue weighted by Crippen LogP contribution is -2.38. The molecule has 140 valence electrons. The molecule has 2 aromatic rings. The molecule has 0 atom stereocenters. The lowest BCUT2D eigenvalue weighted by molar-refractivity contribution is 0.574. The number of aryl methyl sites for hydroxylation is 2. The van der Waals surface area contributed by atoms with Crippen molar-refractivity contribution in [3.63, 3.8) is 0 Å². The number of anilines is 2. The van der Waals surface area contributed by atoms with E-state index in [1.54, 1.807) is 37.3 Å². The van der Waals surface area contributed by atoms with Crippen LogP contribution in [0.3, 0.4) is 0 Å². The fraction of sp³-hybridized carbons (Fsp3) is 0.333. The smallest absolute Gasteiger partial charge is 0.261 e. The van der Waals surface area contributed by atoms with Crippen molar-refractivity contribution in [2.75, 3.05) is 21.3 Å². The van der Waals surface area contributed by atoms with E-state index in [2.05, 4.69) is 4.72 Å². The van der Waals surface area contributed by atoms with Gasteiger partial charge in [0.05, 0.1) is 16.3 Å². The summed E-state index contributed by atoms with van der Waals surface area (Å²) in [6.07, 6.45) is 1.49. The number of hydrogen-bond acceptors (Lipinski definition) is 4. The van der Waals surface area contributed by atoms with Gasteiger partial charge in [-0.2, -0.15) is 0 Å². The predicted octanol–water partition coefficient (Wildman–Crippen LogP) is 3.03. The average Bonchev–Trinajstić information content (AvgIpc) is 2.55. The first-order valence-electron chi connectivity index (χ1n) is 8.40. The molecule has 2 aromatic carbocycles. The molecule has 0 aliphatic carbocycles. The first kappa shape index (κ1) is 18.7. The monoisotopic (exact) mass is 394 g/mol. The summed E-state index contributed by atoms with van der Waals surface area (Å²) >= 11 is 0. The Labute approximate surface area is 155 Å². The Morgan fingerprint density at radius 3 is 2.46 bits per heavy atom. The molecule has 1 N–H and O–H groups in total. The molecule has 0 amide bonds. The van der Waals surface area contributed by atoms with Gasteiger partial charge in [-0.15, -0.1) is 0 Å². The Kier molecular flexibility index (Phi) is 4.98. The zero-order chi connectivity index (χ0) is 18.9. The normalized spacial score (nSPS) is 17.1. The van der Waals surface area contributed by atoms with Crippen LogP contribution in [-0.4, -0.2) is 29.1 Å². The van der Waals surface area contributed by atoms with Crippen LogP contribution in [0.25, 0.3) is 0 Å². The minimum atomic E-state index is -3.69. The van der Waals surface area contributed by atoms with E-state index in [0.717, 1.165) is 12.0 Å². The highest BCUT2D eigenvalue weighted by atomic mass is 32.2. The maximum absolute atomic E-state index is 12.5. The van der Waals surface area contributed by atoms with Crippen molar-refractivity contribution < 1.29 is 16.8 Å². The molecule has 0 unspecified atom stereocenters. The molecular weight excluding hydrogens is 372 g/mol. The van der Waals surface area contributed by atoms with E-state index in [1.165, 1.54) is 10.4 Å². The van der Waals surface area contributed by atoms with Crippen molar-refractivity contribution in [1.82, 2.24) is 0 Å². The number of nitrogens with zero attached hydrogens (tertiary/aromatic N) is 1. The number of rotatable bonds is 4. The largest absolute Gasteiger partial charge is 0.280 e. The van der Waals surface area contributed by atoms with E-state index in [1.807, 2.05) is 13.0 Å². The number of benzene rings is 2. The third-order valence-electron chi connectivity index (χ3n) is 4.37. The standard InChI is InChI=1S/C18H22N2O4S2/c1-14-6-5-7-17(12-14)26(23,24)19-16-8-9-18(15(2)13-16)20-10-3-4-11-25(20,21)22/h5-9,12-13,19H,3-4,10-11H2,1-2H3. The molecule has 0 aromatic heterocycles. The first-order chi connectivity index (χ1) is 12.2. The Hall–Kier alpha value is -2.06. The summed E-state index contributed by atoms with van der Waals surface area (Å²) in [6, 6.07) is 11.6. The van der Waals surface area contributed by atoms with Crippen LogP contribution in [0.1, 0.15) is 24.0 Å². The Morgan fingerprint density at radius 2 is 1.81 bits per heavy atom. The highest BCUT2D eigenvalue weighted by Crippen LogP contribution is 2.29. The summed E-state index contributed by atoms with van der Waals surface area (Å²) < 4.78 is 53.6. The fourth-order valence-electron chi connectivity index (χ4n) is 3.05. The van der Waals surface area contributed by atoms with E-state index in [9.17, 15) is 16.8 Å². The van der Waals surface area contributed by atoms with Crippen LogP contribution in [0.4, 0.5) is 11.4 Å². The van der Waals surface area contributed by atoms with Gasteiger partial charge in [-0.3, -0.25) is 9.03 Å². The van der Waals surface area contributed by atoms with Gasteiger partial charge >= 0.3 is 0 Å². The van der Waals surface area contributed by atoms with Crippen LogP contribution >= 0.6 is 0 Å². The summed E-state index contributed by atoms with van der Waals surface area (Å²) in [4.78, 5) is 0.192. The van der Waals surface area contributed by atoms with Crippen molar-refractivity contribution in [1.29, 1.82) is 0 Å². The molecule has 0 bridgehead atoms. The molecule has 1 aliphatic heterocycles. The van der Waals surface area contributed by atoms with Crippen LogP contribution < -0.4 is 9.03 Å². The van der Waals surface area contributed by atoms with Gasteiger partial charge < -0.3 is 0 Å². The van der Waals surface area contributed by atoms with Gasteiger partial charge in [0.15, 0.2) is 0 Å². The third-order valence-corrected chi connectivity index (χ3v) is 7.60. The second-order valence-electron chi connectivity index (χ2n) is 6.52. The third kappa shape index (κ3) is 3.86. The van der Waals surface area contributed by atoms with Crippen molar-refractivity contribution >= 4 is 31.4 Å². The van der Waals surface area contributed by atoms with E-state index >= 15 is 0 Å². The van der Waals surface area contributed by atoms with Gasteiger partial charge in [0.2, 0.25) is 10.0 Å². The molecule has 1 heterocycles. The van der Waals surface area contributed by atoms with Gasteiger partial charge in [0.1, 0.15) is 0 Å². The Balaban J connectivity index is 1.88. The highest BCUT2D eigenvalue weighted by molar-refractivity contribution is 7.93. The molecule has 26 heavy (non-hydrogen) atoms. The summed E-state index contributed by atoms with van der Waals surface area (Å²) in [7, 11) is -7.00. The lowest BCUT2D eigenvalue weighted by atomic mass is 10.1. The second-order valence-corrected chi connectivity index (χ2v) is 10.2. The minimum absolute atomic E-state index is 0.147.